The quantitative estimate of drug-likeness (QED) is 0.310. The molecule has 148 valence electrons. The Balaban J connectivity index is 2.43. The lowest BCUT2D eigenvalue weighted by Crippen LogP contribution is -2.19. The Morgan fingerprint density at radius 1 is 1.00 bits per heavy atom. The zero-order valence-electron chi connectivity index (χ0n) is 18.0. The minimum Gasteiger partial charge on any atom is -0.341 e. The van der Waals surface area contributed by atoms with Crippen molar-refractivity contribution in [2.75, 3.05) is 11.4 Å². The van der Waals surface area contributed by atoms with Crippen molar-refractivity contribution in [2.24, 2.45) is 4.99 Å². The predicted molar refractivity (Wildman–Crippen MR) is 126 cm³/mol. The summed E-state index contributed by atoms with van der Waals surface area (Å²) >= 11 is 0. The molecule has 2 aromatic carbocycles. The van der Waals surface area contributed by atoms with Crippen molar-refractivity contribution in [1.29, 1.82) is 0 Å². The van der Waals surface area contributed by atoms with E-state index in [4.69, 9.17) is 0 Å². The van der Waals surface area contributed by atoms with Gasteiger partial charge in [0.25, 0.3) is 0 Å². The van der Waals surface area contributed by atoms with Crippen LogP contribution in [-0.4, -0.2) is 12.8 Å². The number of rotatable bonds is 10. The lowest BCUT2D eigenvalue weighted by atomic mass is 10.0. The topological polar surface area (TPSA) is 15.6 Å². The minimum absolute atomic E-state index is 0.816. The summed E-state index contributed by atoms with van der Waals surface area (Å²) in [6.45, 7) is 17.4. The molecule has 2 nitrogen and oxygen atoms in total. The van der Waals surface area contributed by atoms with Crippen LogP contribution < -0.4 is 4.90 Å². The van der Waals surface area contributed by atoms with E-state index >= 15 is 0 Å². The van der Waals surface area contributed by atoms with Crippen LogP contribution in [0.2, 0.25) is 0 Å². The molecule has 0 aliphatic carbocycles. The van der Waals surface area contributed by atoms with E-state index in [9.17, 15) is 0 Å². The van der Waals surface area contributed by atoms with Crippen molar-refractivity contribution in [1.82, 2.24) is 0 Å². The first-order valence-electron chi connectivity index (χ1n) is 10.4. The minimum atomic E-state index is 0.816. The molecule has 0 N–H and O–H groups in total. The van der Waals surface area contributed by atoms with Gasteiger partial charge in [-0.05, 0) is 78.8 Å². The van der Waals surface area contributed by atoms with Gasteiger partial charge in [-0.1, -0.05) is 52.5 Å². The van der Waals surface area contributed by atoms with E-state index < -0.39 is 0 Å². The summed E-state index contributed by atoms with van der Waals surface area (Å²) in [5, 5.41) is 0. The summed E-state index contributed by atoms with van der Waals surface area (Å²) in [6, 6.07) is 13.5. The summed E-state index contributed by atoms with van der Waals surface area (Å²) in [6.07, 6.45) is 7.93. The Kier molecular flexibility index (Phi) is 8.25. The highest BCUT2D eigenvalue weighted by Crippen LogP contribution is 2.32. The molecular weight excluding hydrogens is 340 g/mol. The third-order valence-electron chi connectivity index (χ3n) is 5.02. The molecule has 0 aliphatic rings. The second-order valence-corrected chi connectivity index (χ2v) is 7.23. The van der Waals surface area contributed by atoms with Crippen LogP contribution in [-0.2, 0) is 12.8 Å². The second-order valence-electron chi connectivity index (χ2n) is 7.23. The number of anilines is 2. The maximum absolute atomic E-state index is 4.55. The van der Waals surface area contributed by atoms with Gasteiger partial charge in [0.2, 0.25) is 0 Å². The van der Waals surface area contributed by atoms with E-state index in [2.05, 4.69) is 87.1 Å². The third-order valence-corrected chi connectivity index (χ3v) is 5.02. The van der Waals surface area contributed by atoms with Crippen LogP contribution in [0.25, 0.3) is 0 Å². The molecule has 0 amide bonds. The highest BCUT2D eigenvalue weighted by Gasteiger charge is 2.12. The van der Waals surface area contributed by atoms with E-state index in [1.807, 2.05) is 0 Å². The number of nitrogens with zero attached hydrogens (tertiary/aromatic N) is 2. The van der Waals surface area contributed by atoms with Gasteiger partial charge in [0, 0.05) is 24.1 Å². The second kappa shape index (κ2) is 10.7. The van der Waals surface area contributed by atoms with Gasteiger partial charge in [0.15, 0.2) is 0 Å². The smallest absolute Gasteiger partial charge is 0.0660 e. The average Bonchev–Trinajstić information content (AvgIpc) is 2.72. The molecule has 0 spiro atoms. The first kappa shape index (κ1) is 21.7. The normalized spacial score (nSPS) is 11.0. The van der Waals surface area contributed by atoms with Gasteiger partial charge < -0.3 is 4.90 Å². The summed E-state index contributed by atoms with van der Waals surface area (Å²) < 4.78 is 0. The third kappa shape index (κ3) is 5.69. The lowest BCUT2D eigenvalue weighted by Gasteiger charge is -2.27. The lowest BCUT2D eigenvalue weighted by molar-refractivity contribution is 0.784. The average molecular weight is 375 g/mol. The SMILES string of the molecule is C=CC(=C)C=Nc1ccc(N(CCCC)c2cc(CC)cc(CC)c2)cc1C. The number of hydrogen-bond donors (Lipinski definition) is 0. The van der Waals surface area contributed by atoms with Crippen LogP contribution in [0.15, 0.2) is 66.2 Å². The van der Waals surface area contributed by atoms with Gasteiger partial charge in [-0.15, -0.1) is 0 Å². The fraction of sp³-hybridized carbons (Fsp3) is 0.346. The van der Waals surface area contributed by atoms with Crippen molar-refractivity contribution in [3.05, 3.63) is 77.9 Å². The molecule has 0 aliphatic heterocycles. The Hall–Kier alpha value is -2.61. The standard InChI is InChI=1S/C26H34N2/c1-7-11-14-28(25-17-22(9-3)16-23(10-4)18-25)24-12-13-26(21(6)15-24)27-19-20(5)8-2/h8,12-13,15-19H,2,5,7,9-11,14H2,1,3-4,6H3. The number of aliphatic imine (C=N–C) groups is 1. The van der Waals surface area contributed by atoms with Gasteiger partial charge in [-0.25, -0.2) is 0 Å². The molecule has 0 bridgehead atoms. The molecule has 0 aromatic heterocycles. The maximum Gasteiger partial charge on any atom is 0.0660 e. The molecular formula is C26H34N2. The maximum atomic E-state index is 4.55. The molecule has 0 radical (unpaired) electrons. The van der Waals surface area contributed by atoms with Crippen LogP contribution in [0.4, 0.5) is 17.1 Å². The molecule has 0 atom stereocenters. The van der Waals surface area contributed by atoms with Crippen molar-refractivity contribution in [3.8, 4) is 0 Å². The molecule has 2 heteroatoms. The number of unbranched alkanes of at least 4 members (excludes halogenated alkanes) is 1. The fourth-order valence-electron chi connectivity index (χ4n) is 3.19. The summed E-state index contributed by atoms with van der Waals surface area (Å²) in [4.78, 5) is 7.00. The first-order chi connectivity index (χ1) is 13.5. The highest BCUT2D eigenvalue weighted by atomic mass is 15.1. The molecule has 2 rings (SSSR count). The molecule has 0 unspecified atom stereocenters. The van der Waals surface area contributed by atoms with Gasteiger partial charge in [0.1, 0.15) is 0 Å². The zero-order valence-corrected chi connectivity index (χ0v) is 18.0. The number of aryl methyl sites for hydroxylation is 3. The molecule has 2 aromatic rings. The van der Waals surface area contributed by atoms with Crippen LogP contribution in [0.5, 0.6) is 0 Å². The molecule has 28 heavy (non-hydrogen) atoms. The zero-order chi connectivity index (χ0) is 20.5. The van der Waals surface area contributed by atoms with Gasteiger partial charge >= 0.3 is 0 Å². The first-order valence-corrected chi connectivity index (χ1v) is 10.4. The summed E-state index contributed by atoms with van der Waals surface area (Å²) in [5.41, 5.74) is 8.27. The van der Waals surface area contributed by atoms with Crippen molar-refractivity contribution in [2.45, 2.75) is 53.4 Å². The van der Waals surface area contributed by atoms with Crippen LogP contribution in [0.1, 0.15) is 50.3 Å². The van der Waals surface area contributed by atoms with E-state index in [0.29, 0.717) is 0 Å². The van der Waals surface area contributed by atoms with Crippen LogP contribution in [0.3, 0.4) is 0 Å². The van der Waals surface area contributed by atoms with Crippen molar-refractivity contribution >= 4 is 23.3 Å². The summed E-state index contributed by atoms with van der Waals surface area (Å²) in [5.74, 6) is 0. The molecule has 0 fully saturated rings. The van der Waals surface area contributed by atoms with Crippen LogP contribution in [0, 0.1) is 6.92 Å². The van der Waals surface area contributed by atoms with E-state index in [-0.39, 0.29) is 0 Å². The molecule has 0 heterocycles. The monoisotopic (exact) mass is 374 g/mol. The fourth-order valence-corrected chi connectivity index (χ4v) is 3.19. The van der Waals surface area contributed by atoms with E-state index in [1.54, 1.807) is 12.3 Å². The van der Waals surface area contributed by atoms with Gasteiger partial charge in [-0.3, -0.25) is 4.99 Å². The Bertz CT molecular complexity index is 823. The molecule has 0 saturated heterocycles. The van der Waals surface area contributed by atoms with E-state index in [0.717, 1.165) is 42.6 Å². The van der Waals surface area contributed by atoms with E-state index in [1.165, 1.54) is 28.9 Å². The van der Waals surface area contributed by atoms with Crippen molar-refractivity contribution in [3.63, 3.8) is 0 Å². The number of hydrogen-bond acceptors (Lipinski definition) is 2. The number of allylic oxidation sites excluding steroid dienone is 2. The Morgan fingerprint density at radius 3 is 2.21 bits per heavy atom. The van der Waals surface area contributed by atoms with Gasteiger partial charge in [-0.2, -0.15) is 0 Å². The number of benzene rings is 2. The van der Waals surface area contributed by atoms with Crippen LogP contribution >= 0.6 is 0 Å². The summed E-state index contributed by atoms with van der Waals surface area (Å²) in [7, 11) is 0. The molecule has 0 saturated carbocycles. The van der Waals surface area contributed by atoms with Crippen molar-refractivity contribution < 1.29 is 0 Å². The Labute approximate surface area is 171 Å². The predicted octanol–water partition coefficient (Wildman–Crippen LogP) is 7.50. The highest BCUT2D eigenvalue weighted by molar-refractivity contribution is 5.84. The van der Waals surface area contributed by atoms with Gasteiger partial charge in [0.05, 0.1) is 5.69 Å². The Morgan fingerprint density at radius 2 is 1.68 bits per heavy atom. The largest absolute Gasteiger partial charge is 0.341 e.